The van der Waals surface area contributed by atoms with E-state index in [1.165, 1.54) is 0 Å². The molecule has 0 aliphatic carbocycles. The van der Waals surface area contributed by atoms with Crippen LogP contribution in [0, 0.1) is 25.2 Å². The molecule has 0 aliphatic heterocycles. The van der Waals surface area contributed by atoms with Crippen molar-refractivity contribution in [2.45, 2.75) is 13.8 Å². The zero-order valence-electron chi connectivity index (χ0n) is 14.2. The number of aryl methyl sites for hydroxylation is 1. The van der Waals surface area contributed by atoms with Crippen molar-refractivity contribution in [1.82, 2.24) is 14.0 Å². The number of hydrogen-bond donors (Lipinski definition) is 1. The fourth-order valence-corrected chi connectivity index (χ4v) is 3.50. The molecule has 0 atom stereocenters. The summed E-state index contributed by atoms with van der Waals surface area (Å²) < 4.78 is 9.32. The van der Waals surface area contributed by atoms with Crippen LogP contribution in [0.5, 0.6) is 5.75 Å². The van der Waals surface area contributed by atoms with Gasteiger partial charge in [-0.05, 0) is 31.5 Å². The molecule has 0 amide bonds. The van der Waals surface area contributed by atoms with E-state index in [-0.39, 0.29) is 0 Å². The van der Waals surface area contributed by atoms with Gasteiger partial charge < -0.3 is 14.9 Å². The summed E-state index contributed by atoms with van der Waals surface area (Å²) in [7, 11) is 1.64. The lowest BCUT2D eigenvalue weighted by molar-refractivity contribution is 0.411. The Morgan fingerprint density at radius 1 is 1.20 bits per heavy atom. The zero-order chi connectivity index (χ0) is 17.7. The smallest absolute Gasteiger partial charge is 0.161 e. The highest BCUT2D eigenvalue weighted by molar-refractivity contribution is 6.01. The molecule has 0 unspecified atom stereocenters. The molecule has 6 heteroatoms. The second kappa shape index (κ2) is 5.28. The molecule has 2 N–H and O–H groups in total. The molecule has 1 aromatic carbocycles. The molecule has 0 aliphatic rings. The largest absolute Gasteiger partial charge is 0.496 e. The Morgan fingerprint density at radius 3 is 2.72 bits per heavy atom. The fraction of sp³-hybridized carbons (Fsp3) is 0.158. The summed E-state index contributed by atoms with van der Waals surface area (Å²) in [5.74, 6) is 1.18. The van der Waals surface area contributed by atoms with Crippen LogP contribution in [-0.2, 0) is 0 Å². The molecule has 0 saturated heterocycles. The quantitative estimate of drug-likeness (QED) is 0.610. The van der Waals surface area contributed by atoms with Gasteiger partial charge in [0.05, 0.1) is 18.3 Å². The lowest BCUT2D eigenvalue weighted by Crippen LogP contribution is -2.06. The van der Waals surface area contributed by atoms with Crippen molar-refractivity contribution in [3.8, 4) is 17.5 Å². The number of rotatable bonds is 2. The van der Waals surface area contributed by atoms with Crippen LogP contribution in [-0.4, -0.2) is 21.1 Å². The molecular formula is C19H17N5O. The van der Waals surface area contributed by atoms with E-state index in [1.807, 2.05) is 53.4 Å². The van der Waals surface area contributed by atoms with E-state index < -0.39 is 0 Å². The monoisotopic (exact) mass is 331 g/mol. The number of fused-ring (bicyclic) bond motifs is 3. The average molecular weight is 331 g/mol. The fourth-order valence-electron chi connectivity index (χ4n) is 3.50. The average Bonchev–Trinajstić information content (AvgIpc) is 3.17. The molecule has 4 aromatic rings. The molecule has 4 rings (SSSR count). The Balaban J connectivity index is 2.26. The first-order valence-electron chi connectivity index (χ1n) is 7.88. The number of imidazole rings is 1. The van der Waals surface area contributed by atoms with E-state index in [0.717, 1.165) is 39.1 Å². The number of nitriles is 1. The Labute approximate surface area is 144 Å². The van der Waals surface area contributed by atoms with Gasteiger partial charge in [-0.25, -0.2) is 4.98 Å². The molecule has 25 heavy (non-hydrogen) atoms. The highest BCUT2D eigenvalue weighted by Gasteiger charge is 2.22. The molecule has 0 radical (unpaired) electrons. The van der Waals surface area contributed by atoms with Gasteiger partial charge in [0.2, 0.25) is 0 Å². The van der Waals surface area contributed by atoms with Gasteiger partial charge in [0, 0.05) is 29.5 Å². The number of benzene rings is 1. The van der Waals surface area contributed by atoms with Crippen LogP contribution in [0.15, 0.2) is 36.8 Å². The second-order valence-electron chi connectivity index (χ2n) is 6.00. The normalized spacial score (nSPS) is 11.1. The molecule has 0 saturated carbocycles. The molecule has 3 aromatic heterocycles. The highest BCUT2D eigenvalue weighted by Crippen LogP contribution is 2.37. The Morgan fingerprint density at radius 2 is 2.00 bits per heavy atom. The summed E-state index contributed by atoms with van der Waals surface area (Å²) in [6.07, 6.45) is 5.50. The van der Waals surface area contributed by atoms with Crippen molar-refractivity contribution in [3.05, 3.63) is 53.5 Å². The summed E-state index contributed by atoms with van der Waals surface area (Å²) in [6, 6.07) is 8.07. The highest BCUT2D eigenvalue weighted by atomic mass is 16.5. The molecule has 0 spiro atoms. The van der Waals surface area contributed by atoms with E-state index in [1.54, 1.807) is 13.3 Å². The van der Waals surface area contributed by atoms with Gasteiger partial charge in [0.25, 0.3) is 0 Å². The van der Waals surface area contributed by atoms with Crippen molar-refractivity contribution in [2.24, 2.45) is 0 Å². The van der Waals surface area contributed by atoms with Crippen molar-refractivity contribution in [3.63, 3.8) is 0 Å². The van der Waals surface area contributed by atoms with Crippen molar-refractivity contribution in [1.29, 1.82) is 5.26 Å². The lowest BCUT2D eigenvalue weighted by Gasteiger charge is -2.17. The van der Waals surface area contributed by atoms with Crippen LogP contribution in [0.1, 0.15) is 16.7 Å². The molecule has 6 nitrogen and oxygen atoms in total. The number of methoxy groups -OCH3 is 1. The third kappa shape index (κ3) is 1.93. The minimum atomic E-state index is 0.410. The predicted molar refractivity (Wildman–Crippen MR) is 97.2 cm³/mol. The van der Waals surface area contributed by atoms with Crippen LogP contribution in [0.2, 0.25) is 0 Å². The number of nitrogens with two attached hydrogens (primary N) is 1. The van der Waals surface area contributed by atoms with E-state index in [4.69, 9.17) is 10.5 Å². The van der Waals surface area contributed by atoms with Gasteiger partial charge in [0.15, 0.2) is 5.65 Å². The maximum Gasteiger partial charge on any atom is 0.161 e. The summed E-state index contributed by atoms with van der Waals surface area (Å²) in [4.78, 5) is 4.47. The maximum atomic E-state index is 9.64. The Bertz CT molecular complexity index is 1180. The van der Waals surface area contributed by atoms with Gasteiger partial charge in [-0.1, -0.05) is 6.07 Å². The van der Waals surface area contributed by atoms with Crippen LogP contribution >= 0.6 is 0 Å². The Kier molecular flexibility index (Phi) is 3.19. The number of pyridine rings is 1. The van der Waals surface area contributed by atoms with Gasteiger partial charge in [-0.3, -0.25) is 4.57 Å². The first-order chi connectivity index (χ1) is 12.1. The van der Waals surface area contributed by atoms with E-state index in [2.05, 4.69) is 11.1 Å². The van der Waals surface area contributed by atoms with E-state index >= 15 is 0 Å². The second-order valence-corrected chi connectivity index (χ2v) is 6.00. The summed E-state index contributed by atoms with van der Waals surface area (Å²) in [5, 5.41) is 10.4. The molecular weight excluding hydrogens is 314 g/mol. The first kappa shape index (κ1) is 15.1. The third-order valence-corrected chi connectivity index (χ3v) is 4.67. The van der Waals surface area contributed by atoms with Gasteiger partial charge in [0.1, 0.15) is 23.2 Å². The summed E-state index contributed by atoms with van der Waals surface area (Å²) >= 11 is 0. The number of anilines is 1. The van der Waals surface area contributed by atoms with Gasteiger partial charge >= 0.3 is 0 Å². The van der Waals surface area contributed by atoms with Crippen molar-refractivity contribution >= 4 is 22.4 Å². The standard InChI is InChI=1S/C19H17N5O/c1-11-4-5-15(25-3)12(2)16(11)24-17-13(14(10-20)18(24)21)6-8-23-9-7-22-19(17)23/h4-9H,21H2,1-3H3. The predicted octanol–water partition coefficient (Wildman–Crippen LogP) is 3.36. The van der Waals surface area contributed by atoms with Crippen LogP contribution in [0.3, 0.4) is 0 Å². The van der Waals surface area contributed by atoms with Gasteiger partial charge in [-0.2, -0.15) is 5.26 Å². The van der Waals surface area contributed by atoms with E-state index in [9.17, 15) is 5.26 Å². The first-order valence-corrected chi connectivity index (χ1v) is 7.88. The SMILES string of the molecule is COc1ccc(C)c(-n2c(N)c(C#N)c3ccn4ccnc4c32)c1C. The van der Waals surface area contributed by atoms with Crippen LogP contribution in [0.4, 0.5) is 5.82 Å². The molecule has 3 heterocycles. The molecule has 0 fully saturated rings. The van der Waals surface area contributed by atoms with Crippen molar-refractivity contribution in [2.75, 3.05) is 12.8 Å². The summed E-state index contributed by atoms with van der Waals surface area (Å²) in [6.45, 7) is 4.01. The third-order valence-electron chi connectivity index (χ3n) is 4.67. The number of nitrogens with zero attached hydrogens (tertiary/aromatic N) is 4. The van der Waals surface area contributed by atoms with Crippen LogP contribution in [0.25, 0.3) is 22.2 Å². The Hall–Kier alpha value is -3.46. The zero-order valence-corrected chi connectivity index (χ0v) is 14.2. The minimum absolute atomic E-state index is 0.410. The molecule has 0 bridgehead atoms. The van der Waals surface area contributed by atoms with Gasteiger partial charge in [-0.15, -0.1) is 0 Å². The number of hydrogen-bond acceptors (Lipinski definition) is 4. The van der Waals surface area contributed by atoms with E-state index in [0.29, 0.717) is 11.4 Å². The number of nitrogen functional groups attached to an aromatic ring is 1. The topological polar surface area (TPSA) is 81.3 Å². The van der Waals surface area contributed by atoms with Crippen molar-refractivity contribution < 1.29 is 4.74 Å². The maximum absolute atomic E-state index is 9.64. The lowest BCUT2D eigenvalue weighted by atomic mass is 10.1. The number of aromatic nitrogens is 3. The molecule has 124 valence electrons. The van der Waals surface area contributed by atoms with Crippen LogP contribution < -0.4 is 10.5 Å². The number of ether oxygens (including phenoxy) is 1. The minimum Gasteiger partial charge on any atom is -0.496 e. The summed E-state index contributed by atoms with van der Waals surface area (Å²) in [5.41, 5.74) is 11.4.